The van der Waals surface area contributed by atoms with E-state index in [1.807, 2.05) is 0 Å². The van der Waals surface area contributed by atoms with Crippen molar-refractivity contribution in [2.45, 2.75) is 258 Å². The predicted octanol–water partition coefficient (Wildman–Crippen LogP) is 20.6. The smallest absolute Gasteiger partial charge is 0.162 e. The van der Waals surface area contributed by atoms with Gasteiger partial charge in [-0.2, -0.15) is 0 Å². The van der Waals surface area contributed by atoms with Crippen LogP contribution in [-0.4, -0.2) is 58.5 Å². The summed E-state index contributed by atoms with van der Waals surface area (Å²) in [4.78, 5) is 10.6. The van der Waals surface area contributed by atoms with Crippen LogP contribution in [0.3, 0.4) is 0 Å². The molecule has 3 spiro atoms. The number of nitrogens with zero attached hydrogens (tertiary/aromatic N) is 5. The van der Waals surface area contributed by atoms with Gasteiger partial charge in [-0.05, 0) is 202 Å². The maximum atomic E-state index is 2.80. The summed E-state index contributed by atoms with van der Waals surface area (Å²) in [7, 11) is 0. The van der Waals surface area contributed by atoms with Gasteiger partial charge in [-0.3, -0.25) is 4.48 Å². The monoisotopic (exact) mass is 1140 g/mol. The first-order valence-electron chi connectivity index (χ1n) is 34.1. The fourth-order valence-corrected chi connectivity index (χ4v) is 20.8. The SMILES string of the molecule is Cc1ccccc1N1C(C)C2(CCCCC2)CC1(C)C.Cc1ccccc1N1C(C)[N+]2(CC1(C)C)C1CC3CC(C1)CC2C3.Cc1ccccc1N1c2ccccc2C(C)(C)C1C.Cc1ccccc1N1c2ccccc2C2(CCCCC2)C1C. The largest absolute Gasteiger partial charge is 0.363 e. The van der Waals surface area contributed by atoms with E-state index < -0.39 is 0 Å². The average molecular weight is 1140 g/mol. The fourth-order valence-electron chi connectivity index (χ4n) is 20.8. The number of para-hydroxylation sites is 6. The summed E-state index contributed by atoms with van der Waals surface area (Å²) in [6, 6.07) is 56.9. The van der Waals surface area contributed by atoms with Crippen LogP contribution in [0.5, 0.6) is 0 Å². The lowest BCUT2D eigenvalue weighted by molar-refractivity contribution is -0.997. The molecule has 6 aliphatic heterocycles. The number of hydrogen-bond donors (Lipinski definition) is 0. The van der Waals surface area contributed by atoms with Crippen molar-refractivity contribution < 1.29 is 4.48 Å². The minimum Gasteiger partial charge on any atom is -0.363 e. The molecular formula is C80H108N5+. The lowest BCUT2D eigenvalue weighted by atomic mass is 9.62. The van der Waals surface area contributed by atoms with Crippen LogP contribution in [0.4, 0.5) is 34.1 Å². The first kappa shape index (κ1) is 59.8. The fraction of sp³-hybridized carbons (Fsp3) is 0.550. The van der Waals surface area contributed by atoms with Gasteiger partial charge in [-0.25, -0.2) is 0 Å². The number of hydrogen-bond acceptors (Lipinski definition) is 4. The normalized spacial score (nSPS) is 29.9. The van der Waals surface area contributed by atoms with Gasteiger partial charge < -0.3 is 19.6 Å². The topological polar surface area (TPSA) is 13.0 Å². The molecule has 6 aromatic carbocycles. The van der Waals surface area contributed by atoms with Crippen LogP contribution < -0.4 is 19.6 Å². The second kappa shape index (κ2) is 22.9. The maximum absolute atomic E-state index is 2.80. The molecule has 8 fully saturated rings. The maximum Gasteiger partial charge on any atom is 0.162 e. The van der Waals surface area contributed by atoms with Crippen molar-refractivity contribution in [3.8, 4) is 0 Å². The third kappa shape index (κ3) is 10.2. The number of rotatable bonds is 4. The van der Waals surface area contributed by atoms with Gasteiger partial charge in [0.25, 0.3) is 0 Å². The molecule has 4 aliphatic carbocycles. The Morgan fingerprint density at radius 3 is 1.25 bits per heavy atom. The first-order valence-corrected chi connectivity index (χ1v) is 34.1. The summed E-state index contributed by atoms with van der Waals surface area (Å²) in [6.45, 7) is 34.7. The van der Waals surface area contributed by atoms with Crippen molar-refractivity contribution in [3.05, 3.63) is 179 Å². The van der Waals surface area contributed by atoms with Gasteiger partial charge in [0.05, 0.1) is 17.6 Å². The lowest BCUT2D eigenvalue weighted by Gasteiger charge is -2.62. The van der Waals surface area contributed by atoms with Gasteiger partial charge in [0.1, 0.15) is 6.54 Å². The molecule has 0 N–H and O–H groups in total. The average Bonchev–Trinajstić information content (AvgIpc) is 1.66. The minimum atomic E-state index is 0.179. The van der Waals surface area contributed by atoms with Crippen molar-refractivity contribution >= 4 is 34.1 Å². The third-order valence-electron chi connectivity index (χ3n) is 24.8. The molecule has 4 saturated carbocycles. The Bertz CT molecular complexity index is 3290. The number of quaternary nitrogens is 1. The molecule has 452 valence electrons. The van der Waals surface area contributed by atoms with E-state index in [9.17, 15) is 0 Å². The molecule has 4 unspecified atom stereocenters. The molecule has 5 nitrogen and oxygen atoms in total. The number of benzene rings is 6. The van der Waals surface area contributed by atoms with Gasteiger partial charge in [-0.1, -0.05) is 162 Å². The van der Waals surface area contributed by atoms with Crippen LogP contribution in [0.15, 0.2) is 146 Å². The highest BCUT2D eigenvalue weighted by molar-refractivity contribution is 5.77. The molecule has 4 saturated heterocycles. The quantitative estimate of drug-likeness (QED) is 0.163. The van der Waals surface area contributed by atoms with E-state index in [2.05, 4.69) is 262 Å². The zero-order chi connectivity index (χ0) is 59.8. The van der Waals surface area contributed by atoms with Gasteiger partial charge in [0.2, 0.25) is 0 Å². The van der Waals surface area contributed by atoms with Crippen molar-refractivity contribution in [2.75, 3.05) is 26.1 Å². The Hall–Kier alpha value is -5.52. The molecule has 0 radical (unpaired) electrons. The molecule has 16 rings (SSSR count). The van der Waals surface area contributed by atoms with E-state index in [-0.39, 0.29) is 16.5 Å². The minimum absolute atomic E-state index is 0.179. The Balaban J connectivity index is 0.000000112. The summed E-state index contributed by atoms with van der Waals surface area (Å²) >= 11 is 0. The van der Waals surface area contributed by atoms with Gasteiger partial charge in [-0.15, -0.1) is 0 Å². The summed E-state index contributed by atoms with van der Waals surface area (Å²) in [5.74, 6) is 2.11. The van der Waals surface area contributed by atoms with E-state index >= 15 is 0 Å². The number of aryl methyl sites for hydroxylation is 4. The summed E-state index contributed by atoms with van der Waals surface area (Å²) in [5, 5.41) is 0. The van der Waals surface area contributed by atoms with E-state index in [0.29, 0.717) is 35.1 Å². The molecular weight excluding hydrogens is 1030 g/mol. The second-order valence-electron chi connectivity index (χ2n) is 30.9. The molecule has 5 heteroatoms. The molecule has 0 amide bonds. The molecule has 85 heavy (non-hydrogen) atoms. The van der Waals surface area contributed by atoms with Crippen molar-refractivity contribution in [1.29, 1.82) is 0 Å². The van der Waals surface area contributed by atoms with E-state index in [0.717, 1.165) is 23.9 Å². The second-order valence-corrected chi connectivity index (χ2v) is 30.9. The number of anilines is 6. The first-order chi connectivity index (χ1) is 40.6. The van der Waals surface area contributed by atoms with Crippen LogP contribution in [0.25, 0.3) is 0 Å². The van der Waals surface area contributed by atoms with Gasteiger partial charge >= 0.3 is 0 Å². The van der Waals surface area contributed by atoms with Crippen LogP contribution in [-0.2, 0) is 10.8 Å². The van der Waals surface area contributed by atoms with Gasteiger partial charge in [0.15, 0.2) is 6.17 Å². The van der Waals surface area contributed by atoms with Crippen molar-refractivity contribution in [1.82, 2.24) is 0 Å². The Kier molecular flexibility index (Phi) is 16.1. The van der Waals surface area contributed by atoms with Crippen molar-refractivity contribution in [2.24, 2.45) is 17.3 Å². The third-order valence-corrected chi connectivity index (χ3v) is 24.8. The summed E-state index contributed by atoms with van der Waals surface area (Å²) in [6.07, 6.45) is 23.6. The number of fused-ring (bicyclic) bond motifs is 3. The van der Waals surface area contributed by atoms with Gasteiger partial charge in [0, 0.05) is 101 Å². The molecule has 6 aromatic rings. The zero-order valence-corrected chi connectivity index (χ0v) is 55.2. The van der Waals surface area contributed by atoms with Crippen molar-refractivity contribution in [3.63, 3.8) is 0 Å². The van der Waals surface area contributed by atoms with Crippen LogP contribution in [0, 0.1) is 44.9 Å². The summed E-state index contributed by atoms with van der Waals surface area (Å²) in [5.41, 5.74) is 18.6. The molecule has 4 bridgehead atoms. The van der Waals surface area contributed by atoms with E-state index in [1.54, 1.807) is 12.0 Å². The molecule has 4 atom stereocenters. The lowest BCUT2D eigenvalue weighted by Crippen LogP contribution is -2.72. The van der Waals surface area contributed by atoms with Crippen LogP contribution >= 0.6 is 0 Å². The number of piperidine rings is 2. The van der Waals surface area contributed by atoms with Crippen LogP contribution in [0.2, 0.25) is 0 Å². The Morgan fingerprint density at radius 2 is 0.765 bits per heavy atom. The molecule has 0 aromatic heterocycles. The highest BCUT2D eigenvalue weighted by Crippen LogP contribution is 2.60. The standard InChI is InChI=1S/C22H33N2.C21H25N.C19H29N.C18H21N/c1-15-7-5-6-8-21(15)23-16(2)24(14-22(23,3)4)19-10-17-9-18(12-19)13-20(24)11-17;1-16-10-4-6-12-19(16)22-17(2)21(14-8-3-9-15-21)18-11-5-7-13-20(18)22;1-15-10-6-7-11-17(15)20-16(2)19(14-18(20,3)4)12-8-5-9-13-19;1-13-9-5-7-11-16(13)19-14(2)18(3,4)15-10-6-8-12-17(15)19/h5-8,16-20H,9-14H2,1-4H3;4-7,10-13,17H,3,8-9,14-15H2,1-2H3;6-7,10-11,16H,5,8-9,12-14H2,1-4H3;5-12,14H,1-4H3/q+1;;;. The highest BCUT2D eigenvalue weighted by Gasteiger charge is 2.66. The zero-order valence-electron chi connectivity index (χ0n) is 55.2. The summed E-state index contributed by atoms with van der Waals surface area (Å²) < 4.78 is 1.41. The Labute approximate surface area is 516 Å². The predicted molar refractivity (Wildman–Crippen MR) is 364 cm³/mol. The van der Waals surface area contributed by atoms with Crippen LogP contribution in [0.1, 0.15) is 205 Å². The molecule has 10 aliphatic rings. The molecule has 6 heterocycles. The van der Waals surface area contributed by atoms with E-state index in [1.165, 1.54) is 169 Å². The van der Waals surface area contributed by atoms with E-state index in [4.69, 9.17) is 0 Å². The Morgan fingerprint density at radius 1 is 0.376 bits per heavy atom. The highest BCUT2D eigenvalue weighted by atomic mass is 15.6.